The van der Waals surface area contributed by atoms with Gasteiger partial charge in [0.15, 0.2) is 6.29 Å². The Morgan fingerprint density at radius 3 is 2.33 bits per heavy atom. The second-order valence-corrected chi connectivity index (χ2v) is 2.18. The molecule has 1 fully saturated rings. The Labute approximate surface area is 52.7 Å². The first-order valence-corrected chi connectivity index (χ1v) is 2.86. The number of aliphatic hydroxyl groups is 3. The zero-order valence-electron chi connectivity index (χ0n) is 4.90. The van der Waals surface area contributed by atoms with Gasteiger partial charge in [-0.3, -0.25) is 0 Å². The van der Waals surface area contributed by atoms with Gasteiger partial charge in [-0.1, -0.05) is 0 Å². The molecule has 1 saturated heterocycles. The molecule has 4 nitrogen and oxygen atoms in total. The van der Waals surface area contributed by atoms with Crippen molar-refractivity contribution in [2.24, 2.45) is 0 Å². The Morgan fingerprint density at radius 2 is 1.89 bits per heavy atom. The average molecular weight is 134 g/mol. The van der Waals surface area contributed by atoms with Crippen molar-refractivity contribution in [3.05, 3.63) is 0 Å². The fourth-order valence-corrected chi connectivity index (χ4v) is 0.784. The van der Waals surface area contributed by atoms with Gasteiger partial charge in [-0.2, -0.15) is 0 Å². The minimum Gasteiger partial charge on any atom is -0.391 e. The minimum atomic E-state index is -1.12. The van der Waals surface area contributed by atoms with Gasteiger partial charge in [-0.25, -0.2) is 0 Å². The lowest BCUT2D eigenvalue weighted by Crippen LogP contribution is -2.40. The third kappa shape index (κ3) is 1.62. The van der Waals surface area contributed by atoms with Crippen molar-refractivity contribution < 1.29 is 20.1 Å². The van der Waals surface area contributed by atoms with E-state index in [1.165, 1.54) is 0 Å². The van der Waals surface area contributed by atoms with Gasteiger partial charge in [-0.05, 0) is 0 Å². The zero-order chi connectivity index (χ0) is 6.85. The average Bonchev–Trinajstić information content (AvgIpc) is 1.80. The summed E-state index contributed by atoms with van der Waals surface area (Å²) in [7, 11) is 0. The highest BCUT2D eigenvalue weighted by atomic mass is 16.6. The van der Waals surface area contributed by atoms with E-state index in [2.05, 4.69) is 4.74 Å². The van der Waals surface area contributed by atoms with Crippen LogP contribution in [0, 0.1) is 0 Å². The molecule has 0 bridgehead atoms. The zero-order valence-corrected chi connectivity index (χ0v) is 4.90. The molecule has 0 aliphatic carbocycles. The van der Waals surface area contributed by atoms with Crippen LogP contribution in [0.5, 0.6) is 0 Å². The van der Waals surface area contributed by atoms with Crippen LogP contribution >= 0.6 is 0 Å². The molecule has 1 aliphatic rings. The Kier molecular flexibility index (Phi) is 2.02. The maximum Gasteiger partial charge on any atom is 0.181 e. The largest absolute Gasteiger partial charge is 0.391 e. The summed E-state index contributed by atoms with van der Waals surface area (Å²) in [6, 6.07) is 0. The third-order valence-electron chi connectivity index (χ3n) is 1.30. The lowest BCUT2D eigenvalue weighted by Gasteiger charge is -2.26. The van der Waals surface area contributed by atoms with Gasteiger partial charge in [0, 0.05) is 6.42 Å². The standard InChI is InChI=1S/C5H10O4/c6-3-1-4(7)5(8)9-2-3/h3-8H,1-2H2/t3-,4+,5-/m0/s1. The van der Waals surface area contributed by atoms with E-state index in [0.29, 0.717) is 0 Å². The Hall–Kier alpha value is -0.160. The quantitative estimate of drug-likeness (QED) is 0.375. The van der Waals surface area contributed by atoms with Gasteiger partial charge in [0.1, 0.15) is 6.10 Å². The number of aliphatic hydroxyl groups excluding tert-OH is 3. The second-order valence-electron chi connectivity index (χ2n) is 2.18. The first kappa shape index (κ1) is 6.95. The SMILES string of the molecule is O[C@@H]1CO[C@H](O)[C@H](O)C1. The van der Waals surface area contributed by atoms with Crippen molar-refractivity contribution in [2.75, 3.05) is 6.61 Å². The van der Waals surface area contributed by atoms with Gasteiger partial charge >= 0.3 is 0 Å². The molecule has 9 heavy (non-hydrogen) atoms. The summed E-state index contributed by atoms with van der Waals surface area (Å²) in [5, 5.41) is 26.3. The maximum absolute atomic E-state index is 8.81. The van der Waals surface area contributed by atoms with Crippen LogP contribution in [0.2, 0.25) is 0 Å². The number of hydrogen-bond donors (Lipinski definition) is 3. The molecular weight excluding hydrogens is 124 g/mol. The number of ether oxygens (including phenoxy) is 1. The van der Waals surface area contributed by atoms with Crippen LogP contribution in [-0.2, 0) is 4.74 Å². The van der Waals surface area contributed by atoms with Crippen LogP contribution in [0.1, 0.15) is 6.42 Å². The van der Waals surface area contributed by atoms with Crippen molar-refractivity contribution in [3.8, 4) is 0 Å². The third-order valence-corrected chi connectivity index (χ3v) is 1.30. The van der Waals surface area contributed by atoms with Crippen LogP contribution in [-0.4, -0.2) is 40.4 Å². The molecule has 54 valence electrons. The maximum atomic E-state index is 8.81. The summed E-state index contributed by atoms with van der Waals surface area (Å²) in [5.74, 6) is 0. The molecule has 3 atom stereocenters. The summed E-state index contributed by atoms with van der Waals surface area (Å²) in [6.45, 7) is 0.109. The smallest absolute Gasteiger partial charge is 0.181 e. The lowest BCUT2D eigenvalue weighted by atomic mass is 10.1. The van der Waals surface area contributed by atoms with Gasteiger partial charge in [0.05, 0.1) is 12.7 Å². The molecule has 1 aliphatic heterocycles. The topological polar surface area (TPSA) is 69.9 Å². The molecule has 0 aromatic carbocycles. The molecule has 1 rings (SSSR count). The van der Waals surface area contributed by atoms with Crippen LogP contribution in [0.3, 0.4) is 0 Å². The van der Waals surface area contributed by atoms with E-state index in [1.807, 2.05) is 0 Å². The van der Waals surface area contributed by atoms with Gasteiger partial charge in [-0.15, -0.1) is 0 Å². The summed E-state index contributed by atoms with van der Waals surface area (Å²) in [5.41, 5.74) is 0. The molecule has 1 heterocycles. The minimum absolute atomic E-state index is 0.109. The highest BCUT2D eigenvalue weighted by Gasteiger charge is 2.26. The predicted molar refractivity (Wildman–Crippen MR) is 28.6 cm³/mol. The molecule has 0 amide bonds. The van der Waals surface area contributed by atoms with Crippen LogP contribution in [0.25, 0.3) is 0 Å². The second kappa shape index (κ2) is 2.62. The van der Waals surface area contributed by atoms with E-state index in [9.17, 15) is 0 Å². The van der Waals surface area contributed by atoms with E-state index < -0.39 is 18.5 Å². The normalized spacial score (nSPS) is 45.0. The van der Waals surface area contributed by atoms with Crippen molar-refractivity contribution >= 4 is 0 Å². The molecule has 3 N–H and O–H groups in total. The van der Waals surface area contributed by atoms with E-state index in [0.717, 1.165) is 0 Å². The van der Waals surface area contributed by atoms with E-state index in [4.69, 9.17) is 15.3 Å². The molecule has 0 aromatic rings. The summed E-state index contributed by atoms with van der Waals surface area (Å²) in [4.78, 5) is 0. The van der Waals surface area contributed by atoms with Gasteiger partial charge < -0.3 is 20.1 Å². The van der Waals surface area contributed by atoms with Gasteiger partial charge in [0.25, 0.3) is 0 Å². The molecule has 0 unspecified atom stereocenters. The lowest BCUT2D eigenvalue weighted by molar-refractivity contribution is -0.211. The van der Waals surface area contributed by atoms with Crippen LogP contribution in [0.4, 0.5) is 0 Å². The van der Waals surface area contributed by atoms with Crippen LogP contribution < -0.4 is 0 Å². The number of rotatable bonds is 0. The summed E-state index contributed by atoms with van der Waals surface area (Å²) in [6.07, 6.45) is -2.49. The van der Waals surface area contributed by atoms with Gasteiger partial charge in [0.2, 0.25) is 0 Å². The van der Waals surface area contributed by atoms with Crippen LogP contribution in [0.15, 0.2) is 0 Å². The molecule has 0 radical (unpaired) electrons. The Bertz CT molecular complexity index is 95.0. The molecule has 0 aromatic heterocycles. The summed E-state index contributed by atoms with van der Waals surface area (Å²) < 4.78 is 4.56. The van der Waals surface area contributed by atoms with Crippen molar-refractivity contribution in [3.63, 3.8) is 0 Å². The van der Waals surface area contributed by atoms with Crippen molar-refractivity contribution in [1.29, 1.82) is 0 Å². The van der Waals surface area contributed by atoms with Crippen molar-refractivity contribution in [2.45, 2.75) is 24.9 Å². The first-order valence-electron chi connectivity index (χ1n) is 2.86. The predicted octanol–water partition coefficient (Wildman–Crippen LogP) is -1.55. The Morgan fingerprint density at radius 1 is 1.22 bits per heavy atom. The van der Waals surface area contributed by atoms with E-state index >= 15 is 0 Å². The highest BCUT2D eigenvalue weighted by molar-refractivity contribution is 4.70. The fraction of sp³-hybridized carbons (Fsp3) is 1.00. The molecule has 0 spiro atoms. The monoisotopic (exact) mass is 134 g/mol. The van der Waals surface area contributed by atoms with E-state index in [-0.39, 0.29) is 13.0 Å². The molecular formula is C5H10O4. The number of hydrogen-bond acceptors (Lipinski definition) is 4. The summed E-state index contributed by atoms with van der Waals surface area (Å²) >= 11 is 0. The van der Waals surface area contributed by atoms with Crippen molar-refractivity contribution in [1.82, 2.24) is 0 Å². The highest BCUT2D eigenvalue weighted by Crippen LogP contribution is 2.11. The van der Waals surface area contributed by atoms with E-state index in [1.54, 1.807) is 0 Å². The molecule has 0 saturated carbocycles. The fourth-order valence-electron chi connectivity index (χ4n) is 0.784. The molecule has 4 heteroatoms. The Balaban J connectivity index is 2.35. The first-order chi connectivity index (χ1) is 4.20.